The van der Waals surface area contributed by atoms with Crippen molar-refractivity contribution in [2.45, 2.75) is 12.3 Å². The Kier molecular flexibility index (Phi) is 3.57. The van der Waals surface area contributed by atoms with Crippen molar-refractivity contribution in [1.29, 1.82) is 0 Å². The summed E-state index contributed by atoms with van der Waals surface area (Å²) >= 11 is 0. The molecule has 1 unspecified atom stereocenters. The minimum atomic E-state index is -0.364. The quantitative estimate of drug-likeness (QED) is 0.712. The molecule has 0 aliphatic carbocycles. The van der Waals surface area contributed by atoms with E-state index in [1.165, 1.54) is 0 Å². The first-order valence-electron chi connectivity index (χ1n) is 9.10. The zero-order valence-electron chi connectivity index (χ0n) is 14.7. The van der Waals surface area contributed by atoms with Gasteiger partial charge in [-0.1, -0.05) is 54.6 Å². The predicted molar refractivity (Wildman–Crippen MR) is 105 cm³/mol. The summed E-state index contributed by atoms with van der Waals surface area (Å²) in [6, 6.07) is 25.4. The molecule has 2 amide bonds. The van der Waals surface area contributed by atoms with Gasteiger partial charge in [-0.05, 0) is 35.4 Å². The Hall–Kier alpha value is -3.40. The van der Waals surface area contributed by atoms with Gasteiger partial charge in [0.25, 0.3) is 0 Å². The van der Waals surface area contributed by atoms with Crippen molar-refractivity contribution in [1.82, 2.24) is 0 Å². The Labute approximate surface area is 157 Å². The Morgan fingerprint density at radius 3 is 2.26 bits per heavy atom. The number of amides is 2. The van der Waals surface area contributed by atoms with Crippen LogP contribution in [0, 0.1) is 0 Å². The highest BCUT2D eigenvalue weighted by Crippen LogP contribution is 2.43. The molecule has 132 valence electrons. The second kappa shape index (κ2) is 6.09. The lowest BCUT2D eigenvalue weighted by atomic mass is 10.00. The van der Waals surface area contributed by atoms with Crippen molar-refractivity contribution < 1.29 is 9.59 Å². The third kappa shape index (κ3) is 2.45. The Bertz CT molecular complexity index is 1050. The molecule has 5 rings (SSSR count). The number of carbonyl (C=O) groups is 2. The molecule has 0 aromatic heterocycles. The minimum absolute atomic E-state index is 0.0135. The van der Waals surface area contributed by atoms with Crippen LogP contribution in [-0.4, -0.2) is 18.4 Å². The molecule has 4 nitrogen and oxygen atoms in total. The number of fused-ring (bicyclic) bond motifs is 2. The third-order valence-corrected chi connectivity index (χ3v) is 5.38. The van der Waals surface area contributed by atoms with Gasteiger partial charge in [-0.3, -0.25) is 14.5 Å². The zero-order chi connectivity index (χ0) is 18.4. The summed E-state index contributed by atoms with van der Waals surface area (Å²) in [6.07, 6.45) is 0.404. The number of nitrogens with zero attached hydrogens (tertiary/aromatic N) is 2. The van der Waals surface area contributed by atoms with Crippen LogP contribution in [0.5, 0.6) is 0 Å². The smallest absolute Gasteiger partial charge is 0.240 e. The van der Waals surface area contributed by atoms with Gasteiger partial charge >= 0.3 is 0 Å². The number of benzene rings is 3. The Balaban J connectivity index is 1.54. The lowest BCUT2D eigenvalue weighted by molar-refractivity contribution is -0.119. The molecule has 3 aromatic rings. The van der Waals surface area contributed by atoms with Crippen LogP contribution in [0.1, 0.15) is 17.0 Å². The maximum absolute atomic E-state index is 13.4. The molecule has 2 heterocycles. The summed E-state index contributed by atoms with van der Waals surface area (Å²) in [7, 11) is 0. The highest BCUT2D eigenvalue weighted by Gasteiger charge is 2.41. The van der Waals surface area contributed by atoms with E-state index in [2.05, 4.69) is 0 Å². The lowest BCUT2D eigenvalue weighted by Gasteiger charge is -2.22. The topological polar surface area (TPSA) is 40.6 Å². The van der Waals surface area contributed by atoms with E-state index >= 15 is 0 Å². The van der Waals surface area contributed by atoms with Gasteiger partial charge in [0.2, 0.25) is 11.8 Å². The monoisotopic (exact) mass is 354 g/mol. The standard InChI is InChI=1S/C23H18N2O2/c26-22-14-16-8-4-6-12-20(16)24(22)15-19-18-11-5-7-13-21(18)25(23(19)27)17-9-2-1-3-10-17/h1-13,19H,14-15H2. The van der Waals surface area contributed by atoms with Crippen LogP contribution in [0.15, 0.2) is 78.9 Å². The first-order chi connectivity index (χ1) is 13.2. The lowest BCUT2D eigenvalue weighted by Crippen LogP contribution is -2.35. The summed E-state index contributed by atoms with van der Waals surface area (Å²) in [5, 5.41) is 0. The second-order valence-electron chi connectivity index (χ2n) is 6.93. The van der Waals surface area contributed by atoms with E-state index in [1.54, 1.807) is 9.80 Å². The van der Waals surface area contributed by atoms with Crippen molar-refractivity contribution in [3.8, 4) is 0 Å². The summed E-state index contributed by atoms with van der Waals surface area (Å²) in [5.74, 6) is -0.296. The highest BCUT2D eigenvalue weighted by molar-refractivity contribution is 6.11. The van der Waals surface area contributed by atoms with Crippen LogP contribution in [0.4, 0.5) is 17.1 Å². The van der Waals surface area contributed by atoms with Crippen molar-refractivity contribution in [2.75, 3.05) is 16.3 Å². The summed E-state index contributed by atoms with van der Waals surface area (Å²) < 4.78 is 0. The molecule has 1 atom stereocenters. The molecule has 0 saturated heterocycles. The van der Waals surface area contributed by atoms with Crippen LogP contribution in [-0.2, 0) is 16.0 Å². The molecular weight excluding hydrogens is 336 g/mol. The molecular formula is C23H18N2O2. The van der Waals surface area contributed by atoms with Crippen LogP contribution < -0.4 is 9.80 Å². The van der Waals surface area contributed by atoms with Gasteiger partial charge in [0.05, 0.1) is 18.0 Å². The van der Waals surface area contributed by atoms with Gasteiger partial charge in [0.15, 0.2) is 0 Å². The fourth-order valence-electron chi connectivity index (χ4n) is 4.11. The molecule has 0 saturated carbocycles. The van der Waals surface area contributed by atoms with Gasteiger partial charge in [-0.25, -0.2) is 0 Å². The summed E-state index contributed by atoms with van der Waals surface area (Å²) in [4.78, 5) is 29.5. The van der Waals surface area contributed by atoms with Crippen molar-refractivity contribution in [3.63, 3.8) is 0 Å². The number of anilines is 3. The SMILES string of the molecule is O=C1Cc2ccccc2N1CC1C(=O)N(c2ccccc2)c2ccccc21. The van der Waals surface area contributed by atoms with Crippen LogP contribution >= 0.6 is 0 Å². The maximum Gasteiger partial charge on any atom is 0.240 e. The van der Waals surface area contributed by atoms with E-state index in [9.17, 15) is 9.59 Å². The number of para-hydroxylation sites is 3. The first kappa shape index (κ1) is 15.8. The normalized spacial score (nSPS) is 18.0. The van der Waals surface area contributed by atoms with Crippen molar-refractivity contribution >= 4 is 28.9 Å². The van der Waals surface area contributed by atoms with E-state index in [4.69, 9.17) is 0 Å². The third-order valence-electron chi connectivity index (χ3n) is 5.38. The van der Waals surface area contributed by atoms with Gasteiger partial charge in [-0.15, -0.1) is 0 Å². The predicted octanol–water partition coefficient (Wildman–Crippen LogP) is 4.04. The van der Waals surface area contributed by atoms with E-state index in [0.717, 1.165) is 28.2 Å². The van der Waals surface area contributed by atoms with Gasteiger partial charge in [0.1, 0.15) is 0 Å². The molecule has 0 N–H and O–H groups in total. The Morgan fingerprint density at radius 2 is 1.44 bits per heavy atom. The molecule has 0 fully saturated rings. The second-order valence-corrected chi connectivity index (χ2v) is 6.93. The van der Waals surface area contributed by atoms with E-state index in [0.29, 0.717) is 13.0 Å². The van der Waals surface area contributed by atoms with E-state index < -0.39 is 0 Å². The average molecular weight is 354 g/mol. The molecule has 27 heavy (non-hydrogen) atoms. The molecule has 0 radical (unpaired) electrons. The number of carbonyl (C=O) groups excluding carboxylic acids is 2. The first-order valence-corrected chi connectivity index (χ1v) is 9.10. The number of hydrogen-bond donors (Lipinski definition) is 0. The number of rotatable bonds is 3. The highest BCUT2D eigenvalue weighted by atomic mass is 16.2. The molecule has 2 aliphatic rings. The maximum atomic E-state index is 13.4. The van der Waals surface area contributed by atoms with Gasteiger partial charge in [-0.2, -0.15) is 0 Å². The van der Waals surface area contributed by atoms with Crippen LogP contribution in [0.2, 0.25) is 0 Å². The Morgan fingerprint density at radius 1 is 0.778 bits per heavy atom. The van der Waals surface area contributed by atoms with Crippen LogP contribution in [0.3, 0.4) is 0 Å². The molecule has 0 bridgehead atoms. The molecule has 2 aliphatic heterocycles. The molecule has 0 spiro atoms. The van der Waals surface area contributed by atoms with E-state index in [1.807, 2.05) is 78.9 Å². The average Bonchev–Trinajstić information content (AvgIpc) is 3.17. The minimum Gasteiger partial charge on any atom is -0.311 e. The summed E-state index contributed by atoms with van der Waals surface area (Å²) in [5.41, 5.74) is 4.68. The van der Waals surface area contributed by atoms with E-state index in [-0.39, 0.29) is 17.7 Å². The summed E-state index contributed by atoms with van der Waals surface area (Å²) in [6.45, 7) is 0.370. The van der Waals surface area contributed by atoms with Gasteiger partial charge in [0, 0.05) is 17.9 Å². The fraction of sp³-hybridized carbons (Fsp3) is 0.130. The fourth-order valence-corrected chi connectivity index (χ4v) is 4.11. The largest absolute Gasteiger partial charge is 0.311 e. The number of hydrogen-bond acceptors (Lipinski definition) is 2. The zero-order valence-corrected chi connectivity index (χ0v) is 14.7. The molecule has 3 aromatic carbocycles. The van der Waals surface area contributed by atoms with Gasteiger partial charge < -0.3 is 4.90 Å². The van der Waals surface area contributed by atoms with Crippen LogP contribution in [0.25, 0.3) is 0 Å². The van der Waals surface area contributed by atoms with Crippen molar-refractivity contribution in [3.05, 3.63) is 90.0 Å². The van der Waals surface area contributed by atoms with Crippen molar-refractivity contribution in [2.24, 2.45) is 0 Å². The molecule has 4 heteroatoms.